The Morgan fingerprint density at radius 3 is 2.86 bits per heavy atom. The zero-order valence-corrected chi connectivity index (χ0v) is 12.1. The molecule has 1 heterocycles. The van der Waals surface area contributed by atoms with E-state index in [2.05, 4.69) is 4.98 Å². The molecule has 1 aromatic heterocycles. The molecule has 2 atom stereocenters. The number of aryl methyl sites for hydroxylation is 1. The van der Waals surface area contributed by atoms with Gasteiger partial charge in [0, 0.05) is 12.5 Å². The number of hydrogen-bond acceptors (Lipinski definition) is 3. The number of rotatable bonds is 2. The minimum Gasteiger partial charge on any atom is -0.320 e. The number of halogens is 1. The molecule has 4 nitrogen and oxygen atoms in total. The summed E-state index contributed by atoms with van der Waals surface area (Å²) in [6, 6.07) is 2.72. The Labute approximate surface area is 122 Å². The summed E-state index contributed by atoms with van der Waals surface area (Å²) in [5.74, 6) is -0.826. The fraction of sp³-hybridized carbons (Fsp3) is 0.438. The van der Waals surface area contributed by atoms with E-state index in [1.807, 2.05) is 6.92 Å². The first-order valence-electron chi connectivity index (χ1n) is 7.22. The van der Waals surface area contributed by atoms with Crippen molar-refractivity contribution in [1.82, 2.24) is 9.55 Å². The van der Waals surface area contributed by atoms with E-state index in [0.717, 1.165) is 5.52 Å². The monoisotopic (exact) mass is 288 g/mol. The molecule has 21 heavy (non-hydrogen) atoms. The van der Waals surface area contributed by atoms with Crippen LogP contribution in [0.15, 0.2) is 18.5 Å². The van der Waals surface area contributed by atoms with E-state index < -0.39 is 5.92 Å². The number of fused-ring (bicyclic) bond motifs is 1. The molecule has 1 fully saturated rings. The summed E-state index contributed by atoms with van der Waals surface area (Å²) in [5, 5.41) is 0. The van der Waals surface area contributed by atoms with Gasteiger partial charge in [0.15, 0.2) is 5.78 Å². The number of Topliss-reactive ketones (excluding diaryl/α,β-unsaturated/α-hetero) is 2. The largest absolute Gasteiger partial charge is 0.320 e. The Hall–Kier alpha value is -2.04. The van der Waals surface area contributed by atoms with Crippen molar-refractivity contribution in [2.45, 2.75) is 39.2 Å². The quantitative estimate of drug-likeness (QED) is 0.798. The van der Waals surface area contributed by atoms with Crippen LogP contribution in [0.1, 0.15) is 37.8 Å². The molecule has 3 rings (SSSR count). The van der Waals surface area contributed by atoms with Crippen LogP contribution in [-0.2, 0) is 9.59 Å². The summed E-state index contributed by atoms with van der Waals surface area (Å²) in [6.07, 6.45) is 3.02. The van der Waals surface area contributed by atoms with Gasteiger partial charge in [0.05, 0.1) is 29.3 Å². The SMILES string of the molecule is CCC1C(=O)CCC(n2cnc3cc(F)c(C)cc32)C1=O. The van der Waals surface area contributed by atoms with Crippen LogP contribution in [0.25, 0.3) is 11.0 Å². The van der Waals surface area contributed by atoms with Gasteiger partial charge in [-0.2, -0.15) is 0 Å². The van der Waals surface area contributed by atoms with Crippen molar-refractivity contribution in [3.05, 3.63) is 29.8 Å². The van der Waals surface area contributed by atoms with E-state index >= 15 is 0 Å². The van der Waals surface area contributed by atoms with E-state index in [1.54, 1.807) is 23.9 Å². The lowest BCUT2D eigenvalue weighted by molar-refractivity contribution is -0.138. The highest BCUT2D eigenvalue weighted by molar-refractivity contribution is 6.06. The summed E-state index contributed by atoms with van der Waals surface area (Å²) in [5.41, 5.74) is 1.81. The zero-order chi connectivity index (χ0) is 15.1. The van der Waals surface area contributed by atoms with Gasteiger partial charge in [0.1, 0.15) is 11.6 Å². The molecule has 0 radical (unpaired) electrons. The predicted molar refractivity (Wildman–Crippen MR) is 76.5 cm³/mol. The molecule has 0 bridgehead atoms. The van der Waals surface area contributed by atoms with Gasteiger partial charge in [0.25, 0.3) is 0 Å². The number of benzene rings is 1. The van der Waals surface area contributed by atoms with Gasteiger partial charge in [0.2, 0.25) is 0 Å². The number of nitrogens with zero attached hydrogens (tertiary/aromatic N) is 2. The third kappa shape index (κ3) is 2.17. The Bertz CT molecular complexity index is 735. The minimum absolute atomic E-state index is 0.0328. The maximum absolute atomic E-state index is 13.6. The normalized spacial score (nSPS) is 23.0. The van der Waals surface area contributed by atoms with E-state index in [4.69, 9.17) is 0 Å². The van der Waals surface area contributed by atoms with Gasteiger partial charge < -0.3 is 4.57 Å². The third-order valence-corrected chi connectivity index (χ3v) is 4.32. The van der Waals surface area contributed by atoms with Gasteiger partial charge in [-0.25, -0.2) is 9.37 Å². The molecule has 110 valence electrons. The first-order chi connectivity index (χ1) is 10.0. The summed E-state index contributed by atoms with van der Waals surface area (Å²) in [6.45, 7) is 3.54. The Morgan fingerprint density at radius 1 is 1.38 bits per heavy atom. The number of ketones is 2. The predicted octanol–water partition coefficient (Wildman–Crippen LogP) is 2.98. The average molecular weight is 288 g/mol. The third-order valence-electron chi connectivity index (χ3n) is 4.32. The van der Waals surface area contributed by atoms with Crippen LogP contribution >= 0.6 is 0 Å². The number of aromatic nitrogens is 2. The maximum Gasteiger partial charge on any atom is 0.166 e. The number of carbonyl (C=O) groups excluding carboxylic acids is 2. The van der Waals surface area contributed by atoms with E-state index in [9.17, 15) is 14.0 Å². The highest BCUT2D eigenvalue weighted by Crippen LogP contribution is 2.31. The van der Waals surface area contributed by atoms with E-state index in [-0.39, 0.29) is 23.4 Å². The Kier molecular flexibility index (Phi) is 3.35. The summed E-state index contributed by atoms with van der Waals surface area (Å²) in [4.78, 5) is 28.5. The van der Waals surface area contributed by atoms with Gasteiger partial charge in [-0.15, -0.1) is 0 Å². The van der Waals surface area contributed by atoms with Crippen LogP contribution in [0.5, 0.6) is 0 Å². The van der Waals surface area contributed by atoms with Gasteiger partial charge in [-0.05, 0) is 31.4 Å². The lowest BCUT2D eigenvalue weighted by Gasteiger charge is -2.27. The Morgan fingerprint density at radius 2 is 2.14 bits per heavy atom. The molecule has 0 spiro atoms. The number of imidazole rings is 1. The molecule has 5 heteroatoms. The molecule has 0 amide bonds. The molecule has 0 saturated heterocycles. The van der Waals surface area contributed by atoms with E-state index in [1.165, 1.54) is 6.07 Å². The second-order valence-corrected chi connectivity index (χ2v) is 5.63. The zero-order valence-electron chi connectivity index (χ0n) is 12.1. The van der Waals surface area contributed by atoms with Crippen LogP contribution in [0.3, 0.4) is 0 Å². The van der Waals surface area contributed by atoms with E-state index in [0.29, 0.717) is 30.3 Å². The lowest BCUT2D eigenvalue weighted by Crippen LogP contribution is -2.36. The second kappa shape index (κ2) is 5.06. The first-order valence-corrected chi connectivity index (χ1v) is 7.22. The maximum atomic E-state index is 13.6. The van der Waals surface area contributed by atoms with Crippen molar-refractivity contribution in [2.75, 3.05) is 0 Å². The second-order valence-electron chi connectivity index (χ2n) is 5.63. The topological polar surface area (TPSA) is 52.0 Å². The summed E-state index contributed by atoms with van der Waals surface area (Å²) < 4.78 is 15.4. The lowest BCUT2D eigenvalue weighted by atomic mass is 9.81. The molecular formula is C16H17FN2O2. The van der Waals surface area contributed by atoms with Gasteiger partial charge in [-0.3, -0.25) is 9.59 Å². The van der Waals surface area contributed by atoms with Crippen molar-refractivity contribution >= 4 is 22.6 Å². The van der Waals surface area contributed by atoms with Crippen molar-refractivity contribution in [2.24, 2.45) is 5.92 Å². The van der Waals surface area contributed by atoms with Gasteiger partial charge in [-0.1, -0.05) is 6.92 Å². The van der Waals surface area contributed by atoms with Crippen molar-refractivity contribution in [1.29, 1.82) is 0 Å². The standard InChI is InChI=1S/C16H17FN2O2/c1-3-10-15(20)5-4-13(16(10)21)19-8-18-12-7-11(17)9(2)6-14(12)19/h6-8,10,13H,3-5H2,1-2H3. The summed E-state index contributed by atoms with van der Waals surface area (Å²) >= 11 is 0. The van der Waals surface area contributed by atoms with Crippen LogP contribution in [0, 0.1) is 18.7 Å². The molecule has 1 saturated carbocycles. The molecule has 0 N–H and O–H groups in total. The fourth-order valence-electron chi connectivity index (χ4n) is 3.09. The van der Waals surface area contributed by atoms with Crippen molar-refractivity contribution < 1.29 is 14.0 Å². The first kappa shape index (κ1) is 13.9. The fourth-order valence-corrected chi connectivity index (χ4v) is 3.09. The van der Waals surface area contributed by atoms with Gasteiger partial charge >= 0.3 is 0 Å². The molecule has 1 aliphatic rings. The molecular weight excluding hydrogens is 271 g/mol. The average Bonchev–Trinajstić information content (AvgIpc) is 2.83. The smallest absolute Gasteiger partial charge is 0.166 e. The van der Waals surface area contributed by atoms with Crippen LogP contribution in [-0.4, -0.2) is 21.1 Å². The minimum atomic E-state index is -0.511. The van der Waals surface area contributed by atoms with Crippen molar-refractivity contribution in [3.63, 3.8) is 0 Å². The molecule has 2 unspecified atom stereocenters. The van der Waals surface area contributed by atoms with Crippen LogP contribution in [0.4, 0.5) is 4.39 Å². The molecule has 0 aliphatic heterocycles. The molecule has 2 aromatic rings. The van der Waals surface area contributed by atoms with Crippen LogP contribution < -0.4 is 0 Å². The number of carbonyl (C=O) groups is 2. The van der Waals surface area contributed by atoms with Crippen molar-refractivity contribution in [3.8, 4) is 0 Å². The summed E-state index contributed by atoms with van der Waals surface area (Å²) in [7, 11) is 0. The molecule has 1 aromatic carbocycles. The highest BCUT2D eigenvalue weighted by atomic mass is 19.1. The number of hydrogen-bond donors (Lipinski definition) is 0. The van der Waals surface area contributed by atoms with Crippen LogP contribution in [0.2, 0.25) is 0 Å². The highest BCUT2D eigenvalue weighted by Gasteiger charge is 2.37. The Balaban J connectivity index is 2.06. The molecule has 1 aliphatic carbocycles.